The van der Waals surface area contributed by atoms with Crippen LogP contribution >= 0.6 is 0 Å². The van der Waals surface area contributed by atoms with Crippen molar-refractivity contribution in [3.8, 4) is 27.9 Å². The molecule has 282 valence electrons. The Morgan fingerprint density at radius 2 is 1.10 bits per heavy atom. The maximum Gasteiger partial charge on any atom is 0.0541 e. The predicted molar refractivity (Wildman–Crippen MR) is 241 cm³/mol. The second kappa shape index (κ2) is 11.4. The normalized spacial score (nSPS) is 25.7. The first-order chi connectivity index (χ1) is 28.3. The molecule has 13 rings (SSSR count). The molecule has 0 N–H and O–H groups in total. The van der Waals surface area contributed by atoms with E-state index in [1.807, 2.05) is 0 Å². The Morgan fingerprint density at radius 1 is 0.534 bits per heavy atom. The minimum atomic E-state index is 0.0556. The summed E-state index contributed by atoms with van der Waals surface area (Å²) < 4.78 is 2.54. The highest BCUT2D eigenvalue weighted by molar-refractivity contribution is 6.09. The third-order valence-corrected chi connectivity index (χ3v) is 16.0. The van der Waals surface area contributed by atoms with Gasteiger partial charge in [0.25, 0.3) is 0 Å². The first-order valence-electron chi connectivity index (χ1n) is 21.7. The van der Waals surface area contributed by atoms with Crippen LogP contribution in [0.1, 0.15) is 63.1 Å². The summed E-state index contributed by atoms with van der Waals surface area (Å²) in [5.41, 5.74) is 18.2. The number of para-hydroxylation sites is 2. The molecular formula is C56H48N2. The second-order valence-corrected chi connectivity index (χ2v) is 19.4. The van der Waals surface area contributed by atoms with Crippen LogP contribution in [-0.2, 0) is 10.8 Å². The van der Waals surface area contributed by atoms with Crippen molar-refractivity contribution in [2.75, 3.05) is 4.90 Å². The van der Waals surface area contributed by atoms with Gasteiger partial charge < -0.3 is 9.47 Å². The maximum absolute atomic E-state index is 2.64. The minimum absolute atomic E-state index is 0.0556. The highest BCUT2D eigenvalue weighted by Crippen LogP contribution is 2.89. The summed E-state index contributed by atoms with van der Waals surface area (Å²) in [5.74, 6) is 3.27. The van der Waals surface area contributed by atoms with E-state index in [4.69, 9.17) is 0 Å². The van der Waals surface area contributed by atoms with E-state index in [-0.39, 0.29) is 10.8 Å². The minimum Gasteiger partial charge on any atom is -0.310 e. The van der Waals surface area contributed by atoms with E-state index in [1.54, 1.807) is 11.1 Å². The Labute approximate surface area is 341 Å². The van der Waals surface area contributed by atoms with Gasteiger partial charge in [0.2, 0.25) is 0 Å². The lowest BCUT2D eigenvalue weighted by Gasteiger charge is -2.76. The monoisotopic (exact) mass is 748 g/mol. The van der Waals surface area contributed by atoms with Gasteiger partial charge in [-0.15, -0.1) is 0 Å². The Hall–Kier alpha value is -5.86. The van der Waals surface area contributed by atoms with E-state index in [9.17, 15) is 0 Å². The molecule has 8 aromatic rings. The van der Waals surface area contributed by atoms with Crippen LogP contribution in [-0.4, -0.2) is 4.57 Å². The SMILES string of the molecule is CC(C)(C)c1ccc(N(c2ccc(-c3ccccc3)cc2)c2ccc3c(c2)C2(c4cc(-n5c6ccccc6c6ccccc65)ccc4-3)C3CC4CC5CC2C53C4)cc1. The zero-order valence-corrected chi connectivity index (χ0v) is 33.6. The van der Waals surface area contributed by atoms with E-state index in [2.05, 4.69) is 194 Å². The fourth-order valence-corrected chi connectivity index (χ4v) is 13.8. The summed E-state index contributed by atoms with van der Waals surface area (Å²) in [4.78, 5) is 2.51. The highest BCUT2D eigenvalue weighted by Gasteiger charge is 2.84. The molecule has 5 aliphatic rings. The van der Waals surface area contributed by atoms with E-state index in [0.29, 0.717) is 5.41 Å². The number of hydrogen-bond acceptors (Lipinski definition) is 1. The van der Waals surface area contributed by atoms with Gasteiger partial charge in [-0.2, -0.15) is 0 Å². The number of aromatic nitrogens is 1. The molecule has 1 aromatic heterocycles. The number of nitrogens with zero attached hydrogens (tertiary/aromatic N) is 2. The third-order valence-electron chi connectivity index (χ3n) is 16.0. The summed E-state index contributed by atoms with van der Waals surface area (Å²) >= 11 is 0. The number of anilines is 3. The molecule has 58 heavy (non-hydrogen) atoms. The molecule has 0 amide bonds. The van der Waals surface area contributed by atoms with Gasteiger partial charge in [0.1, 0.15) is 0 Å². The fourth-order valence-electron chi connectivity index (χ4n) is 13.8. The Bertz CT molecular complexity index is 2910. The molecule has 7 aromatic carbocycles. The van der Waals surface area contributed by atoms with Gasteiger partial charge >= 0.3 is 0 Å². The van der Waals surface area contributed by atoms with E-state index < -0.39 is 0 Å². The molecule has 0 radical (unpaired) electrons. The first-order valence-corrected chi connectivity index (χ1v) is 21.7. The van der Waals surface area contributed by atoms with E-state index >= 15 is 0 Å². The molecule has 2 heteroatoms. The predicted octanol–water partition coefficient (Wildman–Crippen LogP) is 14.6. The highest BCUT2D eigenvalue weighted by atomic mass is 15.1. The van der Waals surface area contributed by atoms with Crippen molar-refractivity contribution in [1.29, 1.82) is 0 Å². The fraction of sp³-hybridized carbons (Fsp3) is 0.250. The molecule has 1 heterocycles. The lowest BCUT2D eigenvalue weighted by atomic mass is 9.27. The average Bonchev–Trinajstić information content (AvgIpc) is 3.97. The van der Waals surface area contributed by atoms with Crippen LogP contribution in [0.25, 0.3) is 49.7 Å². The van der Waals surface area contributed by atoms with Gasteiger partial charge in [-0.25, -0.2) is 0 Å². The standard InChI is InChI=1S/C56H48N2/c1-54(2,3)38-19-23-41(24-20-38)57(40-21-17-37(18-22-40)36-11-5-4-6-12-36)42-25-27-44-45-28-26-43(58-50-15-9-7-13-46(50)47-14-8-10-16-51(47)58)33-49(45)56(48(44)32-42)52-30-35-29-39-31-53(56)55(39,52)34-35/h4-28,32-33,35,39,52-53H,29-31,34H2,1-3H3. The molecule has 4 saturated carbocycles. The van der Waals surface area contributed by atoms with Crippen LogP contribution in [0.3, 0.4) is 0 Å². The van der Waals surface area contributed by atoms with Crippen molar-refractivity contribution < 1.29 is 0 Å². The van der Waals surface area contributed by atoms with Gasteiger partial charge in [0.15, 0.2) is 0 Å². The summed E-state index contributed by atoms with van der Waals surface area (Å²) in [6.45, 7) is 6.91. The topological polar surface area (TPSA) is 8.17 Å². The maximum atomic E-state index is 2.64. The summed E-state index contributed by atoms with van der Waals surface area (Å²) in [5, 5.41) is 2.65. The van der Waals surface area contributed by atoms with Gasteiger partial charge in [-0.05, 0) is 160 Å². The van der Waals surface area contributed by atoms with Gasteiger partial charge in [-0.3, -0.25) is 0 Å². The van der Waals surface area contributed by atoms with Gasteiger partial charge in [0, 0.05) is 38.9 Å². The smallest absolute Gasteiger partial charge is 0.0541 e. The van der Waals surface area contributed by atoms with Crippen molar-refractivity contribution in [3.63, 3.8) is 0 Å². The molecule has 2 nitrogen and oxygen atoms in total. The Balaban J connectivity index is 0.999. The van der Waals surface area contributed by atoms with Crippen molar-refractivity contribution in [1.82, 2.24) is 4.57 Å². The molecule has 4 fully saturated rings. The van der Waals surface area contributed by atoms with Crippen LogP contribution in [0.15, 0.2) is 164 Å². The average molecular weight is 749 g/mol. The number of rotatable bonds is 5. The van der Waals surface area contributed by atoms with Crippen molar-refractivity contribution in [2.45, 2.75) is 57.3 Å². The molecule has 6 unspecified atom stereocenters. The lowest BCUT2D eigenvalue weighted by molar-refractivity contribution is -0.231. The van der Waals surface area contributed by atoms with Crippen LogP contribution in [0.2, 0.25) is 0 Å². The Morgan fingerprint density at radius 3 is 1.78 bits per heavy atom. The van der Waals surface area contributed by atoms with Crippen LogP contribution < -0.4 is 4.90 Å². The van der Waals surface area contributed by atoms with Crippen molar-refractivity contribution in [3.05, 3.63) is 180 Å². The molecule has 6 atom stereocenters. The largest absolute Gasteiger partial charge is 0.310 e. The Kier molecular flexibility index (Phi) is 6.52. The van der Waals surface area contributed by atoms with Gasteiger partial charge in [0.05, 0.1) is 11.0 Å². The number of hydrogen-bond donors (Lipinski definition) is 0. The third kappa shape index (κ3) is 4.13. The zero-order chi connectivity index (χ0) is 38.5. The summed E-state index contributed by atoms with van der Waals surface area (Å²) in [7, 11) is 0. The van der Waals surface area contributed by atoms with Crippen molar-refractivity contribution >= 4 is 38.9 Å². The molecule has 0 aliphatic heterocycles. The summed E-state index contributed by atoms with van der Waals surface area (Å²) in [6.07, 6.45) is 5.70. The molecule has 0 saturated heterocycles. The van der Waals surface area contributed by atoms with Crippen LogP contribution in [0.4, 0.5) is 17.1 Å². The molecule has 2 spiro atoms. The van der Waals surface area contributed by atoms with Gasteiger partial charge in [-0.1, -0.05) is 124 Å². The van der Waals surface area contributed by atoms with Crippen LogP contribution in [0, 0.1) is 29.1 Å². The first kappa shape index (κ1) is 33.1. The number of fused-ring (bicyclic) bond motifs is 11. The molecule has 2 bridgehead atoms. The zero-order valence-electron chi connectivity index (χ0n) is 33.6. The summed E-state index contributed by atoms with van der Waals surface area (Å²) in [6, 6.07) is 62.3. The van der Waals surface area contributed by atoms with Crippen molar-refractivity contribution in [2.24, 2.45) is 29.1 Å². The van der Waals surface area contributed by atoms with E-state index in [0.717, 1.165) is 23.7 Å². The number of benzene rings is 7. The lowest BCUT2D eigenvalue weighted by Crippen LogP contribution is -2.73. The van der Waals surface area contributed by atoms with Crippen LogP contribution in [0.5, 0.6) is 0 Å². The quantitative estimate of drug-likeness (QED) is 0.170. The molecule has 5 aliphatic carbocycles. The molecular weight excluding hydrogens is 701 g/mol. The second-order valence-electron chi connectivity index (χ2n) is 19.4. The van der Waals surface area contributed by atoms with E-state index in [1.165, 1.54) is 98.1 Å².